The Labute approximate surface area is 188 Å². The predicted octanol–water partition coefficient (Wildman–Crippen LogP) is 4.39. The fourth-order valence-electron chi connectivity index (χ4n) is 2.00. The molecule has 0 bridgehead atoms. The van der Waals surface area contributed by atoms with Gasteiger partial charge in [0.05, 0.1) is 34.5 Å². The fourth-order valence-corrected chi connectivity index (χ4v) is 2.36. The third-order valence-electron chi connectivity index (χ3n) is 3.02. The van der Waals surface area contributed by atoms with E-state index in [0.29, 0.717) is 0 Å². The lowest BCUT2D eigenvalue weighted by Gasteiger charge is -1.95. The van der Waals surface area contributed by atoms with Crippen LogP contribution in [0.1, 0.15) is 6.92 Å². The van der Waals surface area contributed by atoms with Crippen molar-refractivity contribution in [2.75, 3.05) is 0 Å². The number of carboxylic acids is 1. The van der Waals surface area contributed by atoms with Gasteiger partial charge in [-0.25, -0.2) is 9.97 Å². The highest BCUT2D eigenvalue weighted by Gasteiger charge is 1.95. The van der Waals surface area contributed by atoms with Gasteiger partial charge in [0, 0.05) is 39.7 Å². The first-order valence-corrected chi connectivity index (χ1v) is 12.3. The van der Waals surface area contributed by atoms with Crippen LogP contribution in [0.4, 0.5) is 0 Å². The van der Waals surface area contributed by atoms with E-state index in [1.165, 1.54) is 12.4 Å². The Kier molecular flexibility index (Phi) is 11.0. The molecular formula is C18H15Br3N4O4. The number of H-pyrrole nitrogens is 2. The van der Waals surface area contributed by atoms with E-state index in [1.807, 2.05) is 42.5 Å². The lowest BCUT2D eigenvalue weighted by Crippen LogP contribution is -2.04. The van der Waals surface area contributed by atoms with Crippen LogP contribution in [0.3, 0.4) is 0 Å². The summed E-state index contributed by atoms with van der Waals surface area (Å²) in [4.78, 5) is 43.9. The number of nitrogens with zero attached hydrogens (tertiary/aromatic N) is 2. The summed E-state index contributed by atoms with van der Waals surface area (Å²) in [6.07, 6.45) is 2.55. The second-order valence-electron chi connectivity index (χ2n) is 5.19. The number of aromatic nitrogens is 4. The summed E-state index contributed by atoms with van der Waals surface area (Å²) < 4.78 is 0.929. The number of hydrogen-bond donors (Lipinski definition) is 3. The summed E-state index contributed by atoms with van der Waals surface area (Å²) in [6.45, 7) is 1.08. The van der Waals surface area contributed by atoms with Crippen molar-refractivity contribution in [1.29, 1.82) is 0 Å². The summed E-state index contributed by atoms with van der Waals surface area (Å²) in [5.41, 5.74) is 2.78. The molecule has 0 radical (unpaired) electrons. The molecule has 0 fully saturated rings. The molecule has 152 valence electrons. The van der Waals surface area contributed by atoms with Crippen molar-refractivity contribution in [3.8, 4) is 0 Å². The summed E-state index contributed by atoms with van der Waals surface area (Å²) in [6, 6.07) is 13.0. The topological polar surface area (TPSA) is 129 Å². The van der Waals surface area contributed by atoms with Crippen LogP contribution in [-0.4, -0.2) is 31.0 Å². The Balaban J connectivity index is 0.000000230. The molecule has 3 N–H and O–H groups in total. The largest absolute Gasteiger partial charge is 0.481 e. The predicted molar refractivity (Wildman–Crippen MR) is 124 cm³/mol. The summed E-state index contributed by atoms with van der Waals surface area (Å²) in [5.74, 6) is -0.833. The summed E-state index contributed by atoms with van der Waals surface area (Å²) in [7, 11) is 0. The van der Waals surface area contributed by atoms with Crippen molar-refractivity contribution in [1.82, 2.24) is 19.9 Å². The Bertz CT molecular complexity index is 1190. The van der Waals surface area contributed by atoms with Crippen molar-refractivity contribution in [2.24, 2.45) is 0 Å². The number of rotatable bonds is 0. The highest BCUT2D eigenvalue weighted by Crippen LogP contribution is 2.14. The van der Waals surface area contributed by atoms with Crippen LogP contribution in [0.5, 0.6) is 0 Å². The minimum Gasteiger partial charge on any atom is -0.481 e. The second-order valence-corrected chi connectivity index (χ2v) is 6.11. The highest BCUT2D eigenvalue weighted by molar-refractivity contribution is 9.93. The molecule has 4 rings (SSSR count). The first-order valence-electron chi connectivity index (χ1n) is 7.77. The van der Waals surface area contributed by atoms with Gasteiger partial charge in [-0.3, -0.25) is 14.4 Å². The molecule has 0 aliphatic carbocycles. The maximum absolute atomic E-state index is 10.9. The summed E-state index contributed by atoms with van der Waals surface area (Å²) in [5, 5.41) is 7.42. The minimum absolute atomic E-state index is 0.163. The third kappa shape index (κ3) is 9.11. The van der Waals surface area contributed by atoms with Crippen LogP contribution >= 0.6 is 44.2 Å². The molecule has 8 nitrogen and oxygen atoms in total. The average Bonchev–Trinajstić information content (AvgIpc) is 2.69. The number of aromatic amines is 2. The van der Waals surface area contributed by atoms with E-state index in [-0.39, 0.29) is 11.1 Å². The van der Waals surface area contributed by atoms with Crippen molar-refractivity contribution in [3.05, 3.63) is 80.0 Å². The Morgan fingerprint density at radius 1 is 0.897 bits per heavy atom. The molecule has 0 aliphatic heterocycles. The average molecular weight is 591 g/mol. The van der Waals surface area contributed by atoms with E-state index in [0.717, 1.165) is 33.5 Å². The number of para-hydroxylation sites is 2. The number of aliphatic carboxylic acids is 1. The van der Waals surface area contributed by atoms with E-state index in [4.69, 9.17) is 9.90 Å². The van der Waals surface area contributed by atoms with E-state index in [9.17, 15) is 9.59 Å². The number of fused-ring (bicyclic) bond motifs is 2. The first kappa shape index (κ1) is 24.7. The molecule has 0 saturated carbocycles. The molecule has 2 aromatic carbocycles. The molecule has 2 aromatic heterocycles. The standard InChI is InChI=1S/C8H5BrN2O.C8H6N2O.C2H4O2.Br2/c9-5-1-2-6-7(3-5)11-8(12)4-10-6;11-8-5-9-6-3-1-2-4-7(6)10-8;1-2(3)4;1-2/h1-4H,(H,11,12);1-5H,(H,10,11);1H3,(H,3,4);. The smallest absolute Gasteiger partial charge is 0.300 e. The molecule has 0 atom stereocenters. The highest BCUT2D eigenvalue weighted by atomic mass is 80.9. The number of carbonyl (C=O) groups is 1. The number of carboxylic acid groups (broad SMARTS) is 1. The van der Waals surface area contributed by atoms with E-state index < -0.39 is 5.97 Å². The number of hydrogen-bond acceptors (Lipinski definition) is 5. The summed E-state index contributed by atoms with van der Waals surface area (Å²) >= 11 is 8.81. The number of halogens is 3. The molecule has 4 aromatic rings. The van der Waals surface area contributed by atoms with Gasteiger partial charge in [0.25, 0.3) is 17.1 Å². The van der Waals surface area contributed by atoms with Crippen molar-refractivity contribution < 1.29 is 9.90 Å². The van der Waals surface area contributed by atoms with E-state index in [1.54, 1.807) is 0 Å². The van der Waals surface area contributed by atoms with E-state index >= 15 is 0 Å². The van der Waals surface area contributed by atoms with Gasteiger partial charge in [-0.05, 0) is 30.3 Å². The van der Waals surface area contributed by atoms with Crippen molar-refractivity contribution in [2.45, 2.75) is 6.92 Å². The van der Waals surface area contributed by atoms with Gasteiger partial charge in [0.15, 0.2) is 0 Å². The first-order chi connectivity index (χ1) is 13.8. The Morgan fingerprint density at radius 2 is 1.38 bits per heavy atom. The molecule has 29 heavy (non-hydrogen) atoms. The van der Waals surface area contributed by atoms with Gasteiger partial charge in [-0.1, -0.05) is 28.1 Å². The zero-order chi connectivity index (χ0) is 21.8. The quantitative estimate of drug-likeness (QED) is 0.279. The zero-order valence-electron chi connectivity index (χ0n) is 14.9. The number of benzene rings is 2. The normalized spacial score (nSPS) is 9.24. The molecule has 0 saturated heterocycles. The third-order valence-corrected chi connectivity index (χ3v) is 3.51. The molecule has 11 heteroatoms. The van der Waals surface area contributed by atoms with Crippen LogP contribution in [-0.2, 0) is 4.79 Å². The Hall–Kier alpha value is -2.37. The van der Waals surface area contributed by atoms with Crippen molar-refractivity contribution in [3.63, 3.8) is 0 Å². The second kappa shape index (κ2) is 13.0. The minimum atomic E-state index is -0.833. The molecule has 0 aliphatic rings. The van der Waals surface area contributed by atoms with Crippen LogP contribution in [0, 0.1) is 0 Å². The van der Waals surface area contributed by atoms with Crippen molar-refractivity contribution >= 4 is 72.2 Å². The zero-order valence-corrected chi connectivity index (χ0v) is 19.7. The fraction of sp³-hybridized carbons (Fsp3) is 0.0556. The van der Waals surface area contributed by atoms with E-state index in [2.05, 4.69) is 64.1 Å². The van der Waals surface area contributed by atoms with Crippen LogP contribution in [0.2, 0.25) is 0 Å². The monoisotopic (exact) mass is 588 g/mol. The van der Waals surface area contributed by atoms with Crippen LogP contribution in [0.15, 0.2) is 68.9 Å². The van der Waals surface area contributed by atoms with Gasteiger partial charge in [0.2, 0.25) is 0 Å². The molecule has 0 amide bonds. The lowest BCUT2D eigenvalue weighted by atomic mass is 10.3. The van der Waals surface area contributed by atoms with Gasteiger partial charge in [0.1, 0.15) is 0 Å². The van der Waals surface area contributed by atoms with Gasteiger partial charge in [-0.2, -0.15) is 0 Å². The maximum atomic E-state index is 10.9. The molecule has 2 heterocycles. The lowest BCUT2D eigenvalue weighted by molar-refractivity contribution is -0.134. The maximum Gasteiger partial charge on any atom is 0.300 e. The van der Waals surface area contributed by atoms with Gasteiger partial charge < -0.3 is 15.1 Å². The van der Waals surface area contributed by atoms with Gasteiger partial charge in [-0.15, -0.1) is 0 Å². The Morgan fingerprint density at radius 3 is 1.97 bits per heavy atom. The molecular weight excluding hydrogens is 576 g/mol. The van der Waals surface area contributed by atoms with Gasteiger partial charge >= 0.3 is 0 Å². The van der Waals surface area contributed by atoms with Crippen LogP contribution < -0.4 is 11.1 Å². The SMILES string of the molecule is BrBr.CC(=O)O.O=c1cnc2ccc(Br)cc2[nH]1.O=c1cnc2ccccc2[nH]1. The molecule has 0 spiro atoms. The number of nitrogens with one attached hydrogen (secondary N) is 2. The van der Waals surface area contributed by atoms with Crippen LogP contribution in [0.25, 0.3) is 22.1 Å². The molecule has 0 unspecified atom stereocenters.